The van der Waals surface area contributed by atoms with Gasteiger partial charge < -0.3 is 9.88 Å². The van der Waals surface area contributed by atoms with Crippen LogP contribution in [0.25, 0.3) is 10.9 Å². The molecule has 0 saturated carbocycles. The van der Waals surface area contributed by atoms with Crippen LogP contribution in [0.4, 0.5) is 10.1 Å². The standard InChI is InChI=1S/C20H19FN2O/c1-12-9-14-5-3-4-6-19(14)23(12)20(24)11-16-13(2)22-18-8-7-15(21)10-17(16)18/h3-8,10,12,22H,9,11H2,1-2H3. The molecule has 1 aromatic heterocycles. The molecule has 1 aliphatic heterocycles. The van der Waals surface area contributed by atoms with Crippen LogP contribution in [0.3, 0.4) is 0 Å². The fraction of sp³-hybridized carbons (Fsp3) is 0.250. The third-order valence-electron chi connectivity index (χ3n) is 4.89. The molecule has 1 amide bonds. The summed E-state index contributed by atoms with van der Waals surface area (Å²) >= 11 is 0. The van der Waals surface area contributed by atoms with Gasteiger partial charge in [0.2, 0.25) is 5.91 Å². The Balaban J connectivity index is 1.70. The third-order valence-corrected chi connectivity index (χ3v) is 4.89. The number of hydrogen-bond donors (Lipinski definition) is 1. The topological polar surface area (TPSA) is 36.1 Å². The van der Waals surface area contributed by atoms with Gasteiger partial charge in [0, 0.05) is 28.3 Å². The maximum absolute atomic E-state index is 13.6. The van der Waals surface area contributed by atoms with Crippen molar-refractivity contribution in [2.45, 2.75) is 32.7 Å². The first-order valence-corrected chi connectivity index (χ1v) is 8.21. The van der Waals surface area contributed by atoms with E-state index in [1.807, 2.05) is 30.0 Å². The normalized spacial score (nSPS) is 16.6. The molecule has 0 bridgehead atoms. The lowest BCUT2D eigenvalue weighted by Crippen LogP contribution is -2.36. The Labute approximate surface area is 140 Å². The van der Waals surface area contributed by atoms with Crippen LogP contribution >= 0.6 is 0 Å². The summed E-state index contributed by atoms with van der Waals surface area (Å²) in [4.78, 5) is 18.1. The number of aromatic amines is 1. The molecular weight excluding hydrogens is 303 g/mol. The van der Waals surface area contributed by atoms with Crippen molar-refractivity contribution in [1.29, 1.82) is 0 Å². The minimum atomic E-state index is -0.282. The lowest BCUT2D eigenvalue weighted by Gasteiger charge is -2.23. The number of aryl methyl sites for hydroxylation is 1. The molecule has 0 fully saturated rings. The van der Waals surface area contributed by atoms with Crippen LogP contribution in [-0.2, 0) is 17.6 Å². The van der Waals surface area contributed by atoms with E-state index in [2.05, 4.69) is 18.0 Å². The number of halogens is 1. The third kappa shape index (κ3) is 2.30. The summed E-state index contributed by atoms with van der Waals surface area (Å²) < 4.78 is 13.6. The van der Waals surface area contributed by atoms with Crippen molar-refractivity contribution in [2.24, 2.45) is 0 Å². The zero-order valence-corrected chi connectivity index (χ0v) is 13.8. The summed E-state index contributed by atoms with van der Waals surface area (Å²) in [7, 11) is 0. The second kappa shape index (κ2) is 5.48. The molecule has 2 heterocycles. The summed E-state index contributed by atoms with van der Waals surface area (Å²) in [6, 6.07) is 12.8. The minimum Gasteiger partial charge on any atom is -0.358 e. The van der Waals surface area contributed by atoms with Crippen LogP contribution < -0.4 is 4.90 Å². The van der Waals surface area contributed by atoms with Gasteiger partial charge in [-0.15, -0.1) is 0 Å². The van der Waals surface area contributed by atoms with E-state index >= 15 is 0 Å². The van der Waals surface area contributed by atoms with E-state index in [-0.39, 0.29) is 24.2 Å². The molecule has 0 spiro atoms. The fourth-order valence-electron chi connectivity index (χ4n) is 3.76. The Morgan fingerprint density at radius 2 is 2.08 bits per heavy atom. The van der Waals surface area contributed by atoms with E-state index in [4.69, 9.17) is 0 Å². The van der Waals surface area contributed by atoms with Gasteiger partial charge in [0.15, 0.2) is 0 Å². The summed E-state index contributed by atoms with van der Waals surface area (Å²) in [5, 5.41) is 0.793. The lowest BCUT2D eigenvalue weighted by atomic mass is 10.1. The highest BCUT2D eigenvalue weighted by Gasteiger charge is 2.31. The van der Waals surface area contributed by atoms with Gasteiger partial charge in [-0.25, -0.2) is 4.39 Å². The van der Waals surface area contributed by atoms with Gasteiger partial charge in [0.25, 0.3) is 0 Å². The number of nitrogens with zero attached hydrogens (tertiary/aromatic N) is 1. The number of fused-ring (bicyclic) bond motifs is 2. The van der Waals surface area contributed by atoms with Gasteiger partial charge in [-0.3, -0.25) is 4.79 Å². The molecule has 2 aromatic carbocycles. The summed E-state index contributed by atoms with van der Waals surface area (Å²) in [6.45, 7) is 4.00. The summed E-state index contributed by atoms with van der Waals surface area (Å²) in [6.07, 6.45) is 1.15. The highest BCUT2D eigenvalue weighted by molar-refractivity contribution is 6.00. The van der Waals surface area contributed by atoms with Crippen LogP contribution in [0.15, 0.2) is 42.5 Å². The average Bonchev–Trinajstić information content (AvgIpc) is 3.04. The second-order valence-corrected chi connectivity index (χ2v) is 6.54. The molecule has 4 heteroatoms. The predicted molar refractivity (Wildman–Crippen MR) is 93.8 cm³/mol. The molecule has 0 aliphatic carbocycles. The first-order valence-electron chi connectivity index (χ1n) is 8.21. The largest absolute Gasteiger partial charge is 0.358 e. The number of amides is 1. The molecule has 4 rings (SSSR count). The number of rotatable bonds is 2. The smallest absolute Gasteiger partial charge is 0.231 e. The van der Waals surface area contributed by atoms with Crippen molar-refractivity contribution in [3.63, 3.8) is 0 Å². The van der Waals surface area contributed by atoms with Gasteiger partial charge in [-0.1, -0.05) is 18.2 Å². The van der Waals surface area contributed by atoms with Crippen LogP contribution in [-0.4, -0.2) is 16.9 Å². The first-order chi connectivity index (χ1) is 11.5. The molecule has 1 N–H and O–H groups in total. The van der Waals surface area contributed by atoms with Crippen LogP contribution in [0.1, 0.15) is 23.7 Å². The maximum atomic E-state index is 13.6. The van der Waals surface area contributed by atoms with Gasteiger partial charge in [-0.05, 0) is 55.7 Å². The number of anilines is 1. The Morgan fingerprint density at radius 3 is 2.92 bits per heavy atom. The zero-order chi connectivity index (χ0) is 16.8. The highest BCUT2D eigenvalue weighted by atomic mass is 19.1. The molecule has 1 aliphatic rings. The Hall–Kier alpha value is -2.62. The highest BCUT2D eigenvalue weighted by Crippen LogP contribution is 2.33. The summed E-state index contributed by atoms with van der Waals surface area (Å²) in [5.41, 5.74) is 4.88. The fourth-order valence-corrected chi connectivity index (χ4v) is 3.76. The van der Waals surface area contributed by atoms with Crippen molar-refractivity contribution in [3.8, 4) is 0 Å². The second-order valence-electron chi connectivity index (χ2n) is 6.54. The molecular formula is C20H19FN2O. The Morgan fingerprint density at radius 1 is 1.29 bits per heavy atom. The van der Waals surface area contributed by atoms with Crippen molar-refractivity contribution >= 4 is 22.5 Å². The SMILES string of the molecule is Cc1[nH]c2ccc(F)cc2c1CC(=O)N1c2ccccc2CC1C. The van der Waals surface area contributed by atoms with Crippen LogP contribution in [0.5, 0.6) is 0 Å². The molecule has 3 aromatic rings. The Bertz CT molecular complexity index is 944. The molecule has 3 nitrogen and oxygen atoms in total. The monoisotopic (exact) mass is 322 g/mol. The van der Waals surface area contributed by atoms with E-state index in [1.165, 1.54) is 17.7 Å². The van der Waals surface area contributed by atoms with Gasteiger partial charge in [0.1, 0.15) is 5.82 Å². The predicted octanol–water partition coefficient (Wildman–Crippen LogP) is 4.14. The number of nitrogens with one attached hydrogen (secondary N) is 1. The van der Waals surface area contributed by atoms with E-state index in [1.54, 1.807) is 6.07 Å². The zero-order valence-electron chi connectivity index (χ0n) is 13.8. The van der Waals surface area contributed by atoms with E-state index in [9.17, 15) is 9.18 Å². The summed E-state index contributed by atoms with van der Waals surface area (Å²) in [5.74, 6) is -0.226. The van der Waals surface area contributed by atoms with Gasteiger partial charge in [-0.2, -0.15) is 0 Å². The van der Waals surface area contributed by atoms with Crippen molar-refractivity contribution in [2.75, 3.05) is 4.90 Å². The average molecular weight is 322 g/mol. The van der Waals surface area contributed by atoms with Crippen LogP contribution in [0, 0.1) is 12.7 Å². The van der Waals surface area contributed by atoms with Crippen molar-refractivity contribution in [1.82, 2.24) is 4.98 Å². The van der Waals surface area contributed by atoms with Gasteiger partial charge >= 0.3 is 0 Å². The quantitative estimate of drug-likeness (QED) is 0.756. The van der Waals surface area contributed by atoms with Crippen molar-refractivity contribution < 1.29 is 9.18 Å². The van der Waals surface area contributed by atoms with E-state index < -0.39 is 0 Å². The molecule has 1 unspecified atom stereocenters. The molecule has 0 saturated heterocycles. The number of hydrogen-bond acceptors (Lipinski definition) is 1. The van der Waals surface area contributed by atoms with Gasteiger partial charge in [0.05, 0.1) is 6.42 Å². The van der Waals surface area contributed by atoms with E-state index in [0.29, 0.717) is 0 Å². The number of para-hydroxylation sites is 1. The number of carbonyl (C=O) groups is 1. The first kappa shape index (κ1) is 14.9. The number of aromatic nitrogens is 1. The molecule has 1 atom stereocenters. The Kier molecular flexibility index (Phi) is 3.41. The number of H-pyrrole nitrogens is 1. The molecule has 24 heavy (non-hydrogen) atoms. The van der Waals surface area contributed by atoms with E-state index in [0.717, 1.165) is 34.3 Å². The maximum Gasteiger partial charge on any atom is 0.231 e. The number of benzene rings is 2. The lowest BCUT2D eigenvalue weighted by molar-refractivity contribution is -0.118. The minimum absolute atomic E-state index is 0.0562. The van der Waals surface area contributed by atoms with Crippen LogP contribution in [0.2, 0.25) is 0 Å². The molecule has 0 radical (unpaired) electrons. The van der Waals surface area contributed by atoms with Crippen molar-refractivity contribution in [3.05, 3.63) is 65.1 Å². The number of carbonyl (C=O) groups excluding carboxylic acids is 1. The molecule has 122 valence electrons.